The normalized spacial score (nSPS) is 24.6. The van der Waals surface area contributed by atoms with Crippen LogP contribution >= 0.6 is 0 Å². The number of nitrogens with zero attached hydrogens (tertiary/aromatic N) is 5. The van der Waals surface area contributed by atoms with Crippen LogP contribution in [0.25, 0.3) is 0 Å². The summed E-state index contributed by atoms with van der Waals surface area (Å²) < 4.78 is 12.3. The van der Waals surface area contributed by atoms with Gasteiger partial charge in [0.25, 0.3) is 0 Å². The van der Waals surface area contributed by atoms with Gasteiger partial charge in [-0.05, 0) is 62.3 Å². The second kappa shape index (κ2) is 7.02. The first-order valence-corrected chi connectivity index (χ1v) is 10.4. The van der Waals surface area contributed by atoms with Gasteiger partial charge in [0, 0.05) is 26.2 Å². The zero-order valence-corrected chi connectivity index (χ0v) is 19.7. The van der Waals surface area contributed by atoms with E-state index in [4.69, 9.17) is 14.5 Å². The molecular weight excluding hydrogens is 386 g/mol. The fraction of sp³-hybridized carbons (Fsp3) is 0.810. The Labute approximate surface area is 178 Å². The highest BCUT2D eigenvalue weighted by molar-refractivity contribution is 5.63. The molecule has 2 saturated heterocycles. The summed E-state index contributed by atoms with van der Waals surface area (Å²) in [5, 5.41) is 11.9. The largest absolute Gasteiger partial charge is 0.366 e. The van der Waals surface area contributed by atoms with E-state index in [0.29, 0.717) is 43.6 Å². The summed E-state index contributed by atoms with van der Waals surface area (Å²) in [6, 6.07) is 0. The highest BCUT2D eigenvalue weighted by atomic mass is 16.6. The number of nitro groups is 1. The SMILES string of the molecule is Cc1nc(N2CC(C)(C)OC(C)(C)C2)nc(N2CC(C)(C)OC(C)(C)C2)c1[N+](=O)[O-]. The molecule has 9 heteroatoms. The fourth-order valence-electron chi connectivity index (χ4n) is 4.98. The van der Waals surface area contributed by atoms with Crippen molar-refractivity contribution < 1.29 is 14.4 Å². The van der Waals surface area contributed by atoms with Gasteiger partial charge in [-0.15, -0.1) is 0 Å². The first-order valence-electron chi connectivity index (χ1n) is 10.4. The highest BCUT2D eigenvalue weighted by Crippen LogP contribution is 2.38. The quantitative estimate of drug-likeness (QED) is 0.541. The summed E-state index contributed by atoms with van der Waals surface area (Å²) in [7, 11) is 0. The Morgan fingerprint density at radius 1 is 0.800 bits per heavy atom. The summed E-state index contributed by atoms with van der Waals surface area (Å²) >= 11 is 0. The molecule has 0 unspecified atom stereocenters. The predicted octanol–water partition coefficient (Wildman–Crippen LogP) is 3.48. The van der Waals surface area contributed by atoms with Crippen molar-refractivity contribution in [3.63, 3.8) is 0 Å². The molecule has 3 rings (SSSR count). The van der Waals surface area contributed by atoms with Crippen LogP contribution in [0.2, 0.25) is 0 Å². The lowest BCUT2D eigenvalue weighted by molar-refractivity contribution is -0.385. The number of aryl methyl sites for hydroxylation is 1. The minimum Gasteiger partial charge on any atom is -0.366 e. The minimum atomic E-state index is -0.461. The molecule has 0 bridgehead atoms. The number of aromatic nitrogens is 2. The second-order valence-electron chi connectivity index (χ2n) is 11.0. The van der Waals surface area contributed by atoms with E-state index in [1.807, 2.05) is 60.3 Å². The molecule has 30 heavy (non-hydrogen) atoms. The molecule has 168 valence electrons. The van der Waals surface area contributed by atoms with Crippen molar-refractivity contribution in [3.05, 3.63) is 15.8 Å². The Kier molecular flexibility index (Phi) is 5.31. The summed E-state index contributed by atoms with van der Waals surface area (Å²) in [6.45, 7) is 20.0. The topological polar surface area (TPSA) is 93.9 Å². The van der Waals surface area contributed by atoms with Gasteiger partial charge >= 0.3 is 5.69 Å². The van der Waals surface area contributed by atoms with Crippen molar-refractivity contribution in [1.29, 1.82) is 0 Å². The van der Waals surface area contributed by atoms with Gasteiger partial charge in [0.1, 0.15) is 5.69 Å². The Morgan fingerprint density at radius 3 is 1.60 bits per heavy atom. The molecule has 0 aliphatic carbocycles. The summed E-state index contributed by atoms with van der Waals surface area (Å²) in [4.78, 5) is 24.9. The molecule has 0 aromatic carbocycles. The van der Waals surface area contributed by atoms with Crippen LogP contribution in [0.3, 0.4) is 0 Å². The van der Waals surface area contributed by atoms with Gasteiger partial charge in [0.05, 0.1) is 27.3 Å². The summed E-state index contributed by atoms with van der Waals surface area (Å²) in [5.74, 6) is 0.855. The first-order chi connectivity index (χ1) is 13.5. The van der Waals surface area contributed by atoms with Crippen LogP contribution in [0.1, 0.15) is 61.1 Å². The predicted molar refractivity (Wildman–Crippen MR) is 116 cm³/mol. The lowest BCUT2D eigenvalue weighted by Crippen LogP contribution is -2.58. The standard InChI is InChI=1S/C21H35N5O4/c1-14-15(26(27)28)16(24-10-18(2,3)29-19(4,5)11-24)23-17(22-14)25-12-20(6,7)30-21(8,9)13-25/h10-13H2,1-9H3. The van der Waals surface area contributed by atoms with Crippen molar-refractivity contribution in [3.8, 4) is 0 Å². The highest BCUT2D eigenvalue weighted by Gasteiger charge is 2.43. The van der Waals surface area contributed by atoms with Crippen LogP contribution in [0.4, 0.5) is 17.5 Å². The van der Waals surface area contributed by atoms with Crippen molar-refractivity contribution in [2.75, 3.05) is 36.0 Å². The molecule has 0 saturated carbocycles. The molecule has 0 amide bonds. The van der Waals surface area contributed by atoms with E-state index in [0.717, 1.165) is 0 Å². The Morgan fingerprint density at radius 2 is 1.20 bits per heavy atom. The van der Waals surface area contributed by atoms with Gasteiger partial charge < -0.3 is 19.3 Å². The molecular formula is C21H35N5O4. The third-order valence-corrected chi connectivity index (χ3v) is 5.18. The van der Waals surface area contributed by atoms with Crippen LogP contribution in [0.15, 0.2) is 0 Å². The molecule has 1 aromatic heterocycles. The molecule has 9 nitrogen and oxygen atoms in total. The van der Waals surface area contributed by atoms with Crippen molar-refractivity contribution in [1.82, 2.24) is 9.97 Å². The van der Waals surface area contributed by atoms with Crippen LogP contribution in [0.5, 0.6) is 0 Å². The van der Waals surface area contributed by atoms with Crippen molar-refractivity contribution in [2.24, 2.45) is 0 Å². The van der Waals surface area contributed by atoms with Gasteiger partial charge in [-0.3, -0.25) is 10.1 Å². The number of anilines is 2. The van der Waals surface area contributed by atoms with Crippen LogP contribution in [-0.4, -0.2) is 63.5 Å². The van der Waals surface area contributed by atoms with E-state index in [-0.39, 0.29) is 21.8 Å². The monoisotopic (exact) mass is 421 g/mol. The molecule has 2 fully saturated rings. The average molecular weight is 422 g/mol. The Balaban J connectivity index is 2.09. The molecule has 0 spiro atoms. The van der Waals surface area contributed by atoms with E-state index in [1.165, 1.54) is 0 Å². The fourth-order valence-corrected chi connectivity index (χ4v) is 4.98. The third-order valence-electron chi connectivity index (χ3n) is 5.18. The number of hydrogen-bond acceptors (Lipinski definition) is 8. The lowest BCUT2D eigenvalue weighted by atomic mass is 9.98. The van der Waals surface area contributed by atoms with Gasteiger partial charge in [-0.25, -0.2) is 4.98 Å². The van der Waals surface area contributed by atoms with E-state index in [1.54, 1.807) is 6.92 Å². The first kappa shape index (κ1) is 22.7. The van der Waals surface area contributed by atoms with Gasteiger partial charge in [0.2, 0.25) is 11.8 Å². The Bertz CT molecular complexity index is 818. The number of morpholine rings is 2. The molecule has 2 aliphatic heterocycles. The molecule has 3 heterocycles. The van der Waals surface area contributed by atoms with Gasteiger partial charge in [0.15, 0.2) is 0 Å². The third kappa shape index (κ3) is 4.83. The van der Waals surface area contributed by atoms with Crippen LogP contribution < -0.4 is 9.80 Å². The molecule has 0 radical (unpaired) electrons. The minimum absolute atomic E-state index is 0.0426. The molecule has 0 atom stereocenters. The molecule has 2 aliphatic rings. The number of ether oxygens (including phenoxy) is 2. The smallest absolute Gasteiger partial charge is 0.332 e. The van der Waals surface area contributed by atoms with E-state index >= 15 is 0 Å². The van der Waals surface area contributed by atoms with E-state index in [9.17, 15) is 10.1 Å². The zero-order valence-electron chi connectivity index (χ0n) is 19.7. The Hall–Kier alpha value is -2.00. The number of rotatable bonds is 3. The van der Waals surface area contributed by atoms with Gasteiger partial charge in [-0.1, -0.05) is 0 Å². The zero-order chi connectivity index (χ0) is 22.7. The number of hydrogen-bond donors (Lipinski definition) is 0. The van der Waals surface area contributed by atoms with E-state index < -0.39 is 11.2 Å². The second-order valence-corrected chi connectivity index (χ2v) is 11.0. The van der Waals surface area contributed by atoms with E-state index in [2.05, 4.69) is 9.88 Å². The van der Waals surface area contributed by atoms with Crippen LogP contribution in [0, 0.1) is 17.0 Å². The maximum Gasteiger partial charge on any atom is 0.332 e. The molecule has 0 N–H and O–H groups in total. The van der Waals surface area contributed by atoms with Crippen molar-refractivity contribution >= 4 is 17.5 Å². The maximum atomic E-state index is 11.9. The lowest BCUT2D eigenvalue weighted by Gasteiger charge is -2.48. The summed E-state index contributed by atoms with van der Waals surface area (Å²) in [5.41, 5.74) is -1.37. The molecule has 1 aromatic rings. The van der Waals surface area contributed by atoms with Gasteiger partial charge in [-0.2, -0.15) is 4.98 Å². The average Bonchev–Trinajstić information content (AvgIpc) is 2.47. The van der Waals surface area contributed by atoms with Crippen molar-refractivity contribution in [2.45, 2.75) is 84.7 Å². The summed E-state index contributed by atoms with van der Waals surface area (Å²) in [6.07, 6.45) is 0. The van der Waals surface area contributed by atoms with Crippen LogP contribution in [-0.2, 0) is 9.47 Å². The maximum absolute atomic E-state index is 11.9.